The number of nitrogens with two attached hydrogens (primary N) is 1. The third-order valence-electron chi connectivity index (χ3n) is 2.82. The zero-order valence-electron chi connectivity index (χ0n) is 8.43. The number of hydrogen-bond acceptors (Lipinski definition) is 2. The predicted molar refractivity (Wildman–Crippen MR) is 60.0 cm³/mol. The van der Waals surface area contributed by atoms with Crippen LogP contribution in [0.3, 0.4) is 0 Å². The largest absolute Gasteiger partial charge is 0.399 e. The molecule has 1 saturated carbocycles. The van der Waals surface area contributed by atoms with Crippen molar-refractivity contribution in [1.82, 2.24) is 9.78 Å². The van der Waals surface area contributed by atoms with Crippen LogP contribution in [0, 0.1) is 0 Å². The van der Waals surface area contributed by atoms with Crippen molar-refractivity contribution in [1.29, 1.82) is 0 Å². The molecule has 1 fully saturated rings. The second kappa shape index (κ2) is 3.12. The number of aromatic nitrogens is 2. The van der Waals surface area contributed by atoms with Crippen molar-refractivity contribution in [3.8, 4) is 5.69 Å². The molecule has 2 N–H and O–H groups in total. The Balaban J connectivity index is 2.14. The fraction of sp³-hybridized carbons (Fsp3) is 0.250. The minimum atomic E-state index is 0.713. The lowest BCUT2D eigenvalue weighted by molar-refractivity contribution is 0.861. The van der Waals surface area contributed by atoms with Crippen LogP contribution in [0.1, 0.15) is 24.3 Å². The van der Waals surface area contributed by atoms with Crippen molar-refractivity contribution in [2.45, 2.75) is 18.8 Å². The molecular weight excluding hydrogens is 186 g/mol. The highest BCUT2D eigenvalue weighted by Gasteiger charge is 2.26. The second-order valence-corrected chi connectivity index (χ2v) is 4.04. The highest BCUT2D eigenvalue weighted by atomic mass is 15.3. The summed E-state index contributed by atoms with van der Waals surface area (Å²) in [6.07, 6.45) is 6.33. The first-order chi connectivity index (χ1) is 7.34. The van der Waals surface area contributed by atoms with Gasteiger partial charge in [0.25, 0.3) is 0 Å². The maximum absolute atomic E-state index is 5.81. The van der Waals surface area contributed by atoms with Gasteiger partial charge in [0.2, 0.25) is 0 Å². The molecule has 1 aliphatic rings. The van der Waals surface area contributed by atoms with Crippen LogP contribution in [-0.2, 0) is 0 Å². The van der Waals surface area contributed by atoms with Crippen LogP contribution in [0.2, 0.25) is 0 Å². The molecule has 0 aliphatic heterocycles. The number of hydrogen-bond donors (Lipinski definition) is 1. The third kappa shape index (κ3) is 1.50. The van der Waals surface area contributed by atoms with Crippen LogP contribution in [-0.4, -0.2) is 9.78 Å². The Hall–Kier alpha value is -1.77. The Morgan fingerprint density at radius 1 is 1.33 bits per heavy atom. The number of rotatable bonds is 2. The molecule has 0 bridgehead atoms. The molecule has 1 aromatic heterocycles. The summed E-state index contributed by atoms with van der Waals surface area (Å²) in [5.41, 5.74) is 9.10. The van der Waals surface area contributed by atoms with E-state index >= 15 is 0 Å². The molecule has 3 rings (SSSR count). The topological polar surface area (TPSA) is 43.8 Å². The van der Waals surface area contributed by atoms with Gasteiger partial charge in [0.15, 0.2) is 0 Å². The molecule has 1 heterocycles. The zero-order valence-corrected chi connectivity index (χ0v) is 8.43. The van der Waals surface area contributed by atoms with E-state index in [1.54, 1.807) is 6.20 Å². The Bertz CT molecular complexity index is 470. The van der Waals surface area contributed by atoms with Crippen molar-refractivity contribution in [3.05, 3.63) is 42.2 Å². The molecule has 0 radical (unpaired) electrons. The highest BCUT2D eigenvalue weighted by molar-refractivity contribution is 5.54. The van der Waals surface area contributed by atoms with Crippen molar-refractivity contribution in [3.63, 3.8) is 0 Å². The minimum Gasteiger partial charge on any atom is -0.399 e. The van der Waals surface area contributed by atoms with Crippen molar-refractivity contribution >= 4 is 5.69 Å². The Morgan fingerprint density at radius 2 is 2.20 bits per heavy atom. The average Bonchev–Trinajstić information content (AvgIpc) is 2.94. The van der Waals surface area contributed by atoms with Crippen LogP contribution in [0.4, 0.5) is 5.69 Å². The van der Waals surface area contributed by atoms with Gasteiger partial charge in [-0.25, -0.2) is 4.68 Å². The van der Waals surface area contributed by atoms with E-state index in [4.69, 9.17) is 5.73 Å². The molecule has 0 unspecified atom stereocenters. The maximum Gasteiger partial charge on any atom is 0.0700 e. The molecule has 2 aromatic rings. The van der Waals surface area contributed by atoms with Crippen LogP contribution in [0.25, 0.3) is 5.69 Å². The average molecular weight is 199 g/mol. The van der Waals surface area contributed by atoms with Gasteiger partial charge in [0.05, 0.1) is 5.69 Å². The lowest BCUT2D eigenvalue weighted by Gasteiger charge is -2.09. The van der Waals surface area contributed by atoms with Gasteiger partial charge < -0.3 is 5.73 Å². The van der Waals surface area contributed by atoms with E-state index in [0.717, 1.165) is 11.4 Å². The van der Waals surface area contributed by atoms with Crippen LogP contribution >= 0.6 is 0 Å². The van der Waals surface area contributed by atoms with Crippen LogP contribution in [0.15, 0.2) is 36.7 Å². The quantitative estimate of drug-likeness (QED) is 0.754. The van der Waals surface area contributed by atoms with E-state index < -0.39 is 0 Å². The van der Waals surface area contributed by atoms with E-state index in [-0.39, 0.29) is 0 Å². The van der Waals surface area contributed by atoms with Crippen molar-refractivity contribution in [2.24, 2.45) is 0 Å². The summed E-state index contributed by atoms with van der Waals surface area (Å²) in [7, 11) is 0. The maximum atomic E-state index is 5.81. The van der Waals surface area contributed by atoms with E-state index in [0.29, 0.717) is 5.92 Å². The third-order valence-corrected chi connectivity index (χ3v) is 2.82. The summed E-state index contributed by atoms with van der Waals surface area (Å²) in [4.78, 5) is 0. The molecule has 3 nitrogen and oxygen atoms in total. The van der Waals surface area contributed by atoms with Gasteiger partial charge in [-0.05, 0) is 42.5 Å². The minimum absolute atomic E-state index is 0.713. The number of nitrogens with zero attached hydrogens (tertiary/aromatic N) is 2. The van der Waals surface area contributed by atoms with E-state index in [2.05, 4.69) is 11.2 Å². The number of benzene rings is 1. The van der Waals surface area contributed by atoms with E-state index in [9.17, 15) is 0 Å². The molecule has 0 amide bonds. The van der Waals surface area contributed by atoms with Crippen molar-refractivity contribution in [2.75, 3.05) is 5.73 Å². The van der Waals surface area contributed by atoms with Gasteiger partial charge in [0.1, 0.15) is 0 Å². The highest BCUT2D eigenvalue weighted by Crippen LogP contribution is 2.42. The van der Waals surface area contributed by atoms with Gasteiger partial charge in [-0.15, -0.1) is 0 Å². The summed E-state index contributed by atoms with van der Waals surface area (Å²) < 4.78 is 1.89. The fourth-order valence-electron chi connectivity index (χ4n) is 1.91. The summed E-state index contributed by atoms with van der Waals surface area (Å²) in [5.74, 6) is 0.713. The fourth-order valence-corrected chi connectivity index (χ4v) is 1.91. The van der Waals surface area contributed by atoms with Crippen LogP contribution < -0.4 is 5.73 Å². The summed E-state index contributed by atoms with van der Waals surface area (Å²) >= 11 is 0. The molecule has 76 valence electrons. The lowest BCUT2D eigenvalue weighted by Crippen LogP contribution is -2.00. The van der Waals surface area contributed by atoms with Crippen molar-refractivity contribution < 1.29 is 0 Å². The monoisotopic (exact) mass is 199 g/mol. The molecule has 0 spiro atoms. The summed E-state index contributed by atoms with van der Waals surface area (Å²) in [6, 6.07) is 8.03. The van der Waals surface area contributed by atoms with Gasteiger partial charge in [-0.3, -0.25) is 0 Å². The SMILES string of the molecule is Nc1ccc(C2CC2)c(-n2cccn2)c1. The molecule has 0 saturated heterocycles. The summed E-state index contributed by atoms with van der Waals surface area (Å²) in [5, 5.41) is 4.26. The number of nitrogen functional groups attached to an aromatic ring is 1. The van der Waals surface area contributed by atoms with E-state index in [1.165, 1.54) is 18.4 Å². The molecular formula is C12H13N3. The van der Waals surface area contributed by atoms with Gasteiger partial charge >= 0.3 is 0 Å². The Morgan fingerprint density at radius 3 is 2.87 bits per heavy atom. The Kier molecular flexibility index (Phi) is 1.78. The molecule has 1 aliphatic carbocycles. The summed E-state index contributed by atoms with van der Waals surface area (Å²) in [6.45, 7) is 0. The Labute approximate surface area is 88.5 Å². The first-order valence-corrected chi connectivity index (χ1v) is 5.24. The molecule has 1 aromatic carbocycles. The van der Waals surface area contributed by atoms with E-state index in [1.807, 2.05) is 29.1 Å². The first kappa shape index (κ1) is 8.53. The van der Waals surface area contributed by atoms with Crippen LogP contribution in [0.5, 0.6) is 0 Å². The smallest absolute Gasteiger partial charge is 0.0700 e. The second-order valence-electron chi connectivity index (χ2n) is 4.04. The normalized spacial score (nSPS) is 15.5. The molecule has 3 heteroatoms. The number of anilines is 1. The van der Waals surface area contributed by atoms with Gasteiger partial charge in [-0.1, -0.05) is 6.07 Å². The van der Waals surface area contributed by atoms with Gasteiger partial charge in [0, 0.05) is 18.1 Å². The lowest BCUT2D eigenvalue weighted by atomic mass is 10.1. The zero-order chi connectivity index (χ0) is 10.3. The predicted octanol–water partition coefficient (Wildman–Crippen LogP) is 2.33. The first-order valence-electron chi connectivity index (χ1n) is 5.24. The van der Waals surface area contributed by atoms with Gasteiger partial charge in [-0.2, -0.15) is 5.10 Å². The molecule has 15 heavy (non-hydrogen) atoms. The molecule has 0 atom stereocenters. The standard InChI is InChI=1S/C12H13N3/c13-10-4-5-11(9-2-3-9)12(8-10)15-7-1-6-14-15/h1,4-9H,2-3,13H2.